The summed E-state index contributed by atoms with van der Waals surface area (Å²) in [6, 6.07) is 10.5. The lowest BCUT2D eigenvalue weighted by Gasteiger charge is -2.14. The fraction of sp³-hybridized carbons (Fsp3) is 0.267. The Morgan fingerprint density at radius 3 is 2.48 bits per heavy atom. The summed E-state index contributed by atoms with van der Waals surface area (Å²) >= 11 is 0. The van der Waals surface area contributed by atoms with Crippen LogP contribution in [0, 0.1) is 0 Å². The number of benzene rings is 1. The van der Waals surface area contributed by atoms with Gasteiger partial charge in [-0.15, -0.1) is 0 Å². The van der Waals surface area contributed by atoms with E-state index in [9.17, 15) is 8.42 Å². The van der Waals surface area contributed by atoms with Gasteiger partial charge in [0.15, 0.2) is 5.03 Å². The molecule has 0 unspecified atom stereocenters. The van der Waals surface area contributed by atoms with Crippen molar-refractivity contribution < 1.29 is 8.42 Å². The molecule has 0 aliphatic heterocycles. The summed E-state index contributed by atoms with van der Waals surface area (Å²) in [4.78, 5) is 3.96. The molecule has 0 bridgehead atoms. The van der Waals surface area contributed by atoms with Gasteiger partial charge in [-0.25, -0.2) is 4.98 Å². The molecule has 5 nitrogen and oxygen atoms in total. The second kappa shape index (κ2) is 6.24. The quantitative estimate of drug-likeness (QED) is 0.888. The Bertz CT molecular complexity index is 710. The van der Waals surface area contributed by atoms with Crippen LogP contribution in [0.1, 0.15) is 30.9 Å². The van der Waals surface area contributed by atoms with Crippen molar-refractivity contribution in [3.63, 3.8) is 0 Å². The van der Waals surface area contributed by atoms with Crippen LogP contribution < -0.4 is 10.5 Å². The molecule has 112 valence electrons. The molecule has 1 aromatic carbocycles. The summed E-state index contributed by atoms with van der Waals surface area (Å²) < 4.78 is 27.3. The Morgan fingerprint density at radius 2 is 1.90 bits per heavy atom. The standard InChI is InChI=1S/C15H19N3O2S/c1-11(2)13-5-3-4-6-14(13)18-21(19,20)15-8-7-12(9-16)10-17-15/h3-8,10-11,18H,9,16H2,1-2H3. The predicted molar refractivity (Wildman–Crippen MR) is 83.5 cm³/mol. The monoisotopic (exact) mass is 305 g/mol. The number of anilines is 1. The third-order valence-corrected chi connectivity index (χ3v) is 4.42. The number of nitrogens with zero attached hydrogens (tertiary/aromatic N) is 1. The lowest BCUT2D eigenvalue weighted by atomic mass is 10.0. The van der Waals surface area contributed by atoms with E-state index in [4.69, 9.17) is 5.73 Å². The van der Waals surface area contributed by atoms with Crippen molar-refractivity contribution in [1.82, 2.24) is 4.98 Å². The van der Waals surface area contributed by atoms with E-state index in [2.05, 4.69) is 9.71 Å². The first kappa shape index (κ1) is 15.5. The highest BCUT2D eigenvalue weighted by Crippen LogP contribution is 2.25. The molecule has 0 aliphatic carbocycles. The minimum atomic E-state index is -3.70. The normalized spacial score (nSPS) is 11.6. The summed E-state index contributed by atoms with van der Waals surface area (Å²) in [6.07, 6.45) is 1.48. The van der Waals surface area contributed by atoms with Crippen molar-refractivity contribution in [3.05, 3.63) is 53.7 Å². The van der Waals surface area contributed by atoms with Crippen LogP contribution >= 0.6 is 0 Å². The Hall–Kier alpha value is -1.92. The highest BCUT2D eigenvalue weighted by atomic mass is 32.2. The first-order valence-corrected chi connectivity index (χ1v) is 8.19. The fourth-order valence-corrected chi connectivity index (χ4v) is 3.00. The van der Waals surface area contributed by atoms with Gasteiger partial charge in [0.05, 0.1) is 5.69 Å². The van der Waals surface area contributed by atoms with Crippen molar-refractivity contribution in [1.29, 1.82) is 0 Å². The second-order valence-electron chi connectivity index (χ2n) is 5.06. The number of aromatic nitrogens is 1. The number of para-hydroxylation sites is 1. The fourth-order valence-electron chi connectivity index (χ4n) is 1.98. The molecule has 0 spiro atoms. The van der Waals surface area contributed by atoms with E-state index >= 15 is 0 Å². The number of hydrogen-bond donors (Lipinski definition) is 2. The number of pyridine rings is 1. The maximum atomic E-state index is 12.4. The van der Waals surface area contributed by atoms with E-state index in [0.717, 1.165) is 11.1 Å². The van der Waals surface area contributed by atoms with Crippen molar-refractivity contribution in [2.24, 2.45) is 5.73 Å². The predicted octanol–water partition coefficient (Wildman–Crippen LogP) is 2.46. The zero-order chi connectivity index (χ0) is 15.5. The first-order valence-electron chi connectivity index (χ1n) is 6.71. The second-order valence-corrected chi connectivity index (χ2v) is 6.69. The highest BCUT2D eigenvalue weighted by molar-refractivity contribution is 7.92. The smallest absolute Gasteiger partial charge is 0.279 e. The summed E-state index contributed by atoms with van der Waals surface area (Å²) in [6.45, 7) is 4.36. The van der Waals surface area contributed by atoms with Crippen LogP contribution in [-0.2, 0) is 16.6 Å². The third-order valence-electron chi connectivity index (χ3n) is 3.14. The van der Waals surface area contributed by atoms with E-state index in [0.29, 0.717) is 12.2 Å². The van der Waals surface area contributed by atoms with Crippen LogP contribution in [0.25, 0.3) is 0 Å². The van der Waals surface area contributed by atoms with Gasteiger partial charge in [-0.3, -0.25) is 4.72 Å². The molecule has 2 rings (SSSR count). The molecule has 1 heterocycles. The minimum Gasteiger partial charge on any atom is -0.326 e. The van der Waals surface area contributed by atoms with Crippen molar-refractivity contribution in [2.75, 3.05) is 4.72 Å². The lowest BCUT2D eigenvalue weighted by Crippen LogP contribution is -2.16. The molecule has 0 radical (unpaired) electrons. The topological polar surface area (TPSA) is 85.1 Å². The van der Waals surface area contributed by atoms with Crippen LogP contribution in [0.4, 0.5) is 5.69 Å². The molecule has 0 saturated carbocycles. The van der Waals surface area contributed by atoms with Crippen LogP contribution in [0.2, 0.25) is 0 Å². The summed E-state index contributed by atoms with van der Waals surface area (Å²) in [5.74, 6) is 0.219. The van der Waals surface area contributed by atoms with Gasteiger partial charge in [-0.1, -0.05) is 38.1 Å². The summed E-state index contributed by atoms with van der Waals surface area (Å²) in [5, 5.41) is -0.0155. The maximum absolute atomic E-state index is 12.4. The van der Waals surface area contributed by atoms with E-state index < -0.39 is 10.0 Å². The lowest BCUT2D eigenvalue weighted by molar-refractivity contribution is 0.597. The molecule has 1 aromatic heterocycles. The molecule has 0 aliphatic rings. The molecular formula is C15H19N3O2S. The Labute approximate surface area is 125 Å². The summed E-state index contributed by atoms with van der Waals surface area (Å²) in [7, 11) is -3.70. The zero-order valence-electron chi connectivity index (χ0n) is 12.1. The van der Waals surface area contributed by atoms with Gasteiger partial charge >= 0.3 is 0 Å². The van der Waals surface area contributed by atoms with E-state index in [1.165, 1.54) is 12.3 Å². The van der Waals surface area contributed by atoms with Crippen molar-refractivity contribution in [2.45, 2.75) is 31.3 Å². The molecule has 0 saturated heterocycles. The summed E-state index contributed by atoms with van der Waals surface area (Å²) in [5.41, 5.74) is 7.79. The highest BCUT2D eigenvalue weighted by Gasteiger charge is 2.18. The van der Waals surface area contributed by atoms with E-state index in [1.54, 1.807) is 18.2 Å². The molecular weight excluding hydrogens is 286 g/mol. The third kappa shape index (κ3) is 3.59. The number of sulfonamides is 1. The maximum Gasteiger partial charge on any atom is 0.279 e. The van der Waals surface area contributed by atoms with E-state index in [1.807, 2.05) is 26.0 Å². The molecule has 6 heteroatoms. The van der Waals surface area contributed by atoms with Crippen molar-refractivity contribution >= 4 is 15.7 Å². The first-order chi connectivity index (χ1) is 9.94. The van der Waals surface area contributed by atoms with Gasteiger partial charge in [0.1, 0.15) is 0 Å². The molecule has 0 amide bonds. The van der Waals surface area contributed by atoms with Crippen LogP contribution in [-0.4, -0.2) is 13.4 Å². The van der Waals surface area contributed by atoms with Gasteiger partial charge in [-0.2, -0.15) is 8.42 Å². The zero-order valence-corrected chi connectivity index (χ0v) is 12.9. The number of nitrogens with one attached hydrogen (secondary N) is 1. The molecule has 21 heavy (non-hydrogen) atoms. The van der Waals surface area contributed by atoms with Crippen LogP contribution in [0.15, 0.2) is 47.6 Å². The van der Waals surface area contributed by atoms with Crippen LogP contribution in [0.5, 0.6) is 0 Å². The molecule has 0 fully saturated rings. The van der Waals surface area contributed by atoms with E-state index in [-0.39, 0.29) is 10.9 Å². The Morgan fingerprint density at radius 1 is 1.19 bits per heavy atom. The van der Waals surface area contributed by atoms with Gasteiger partial charge < -0.3 is 5.73 Å². The Balaban J connectivity index is 2.33. The number of hydrogen-bond acceptors (Lipinski definition) is 4. The van der Waals surface area contributed by atoms with Crippen LogP contribution in [0.3, 0.4) is 0 Å². The molecule has 2 aromatic rings. The van der Waals surface area contributed by atoms with Crippen molar-refractivity contribution in [3.8, 4) is 0 Å². The average Bonchev–Trinajstić information content (AvgIpc) is 2.47. The van der Waals surface area contributed by atoms with Gasteiger partial charge in [0.25, 0.3) is 10.0 Å². The number of rotatable bonds is 5. The minimum absolute atomic E-state index is 0.0155. The molecule has 3 N–H and O–H groups in total. The SMILES string of the molecule is CC(C)c1ccccc1NS(=O)(=O)c1ccc(CN)cn1. The van der Waals surface area contributed by atoms with Gasteiger partial charge in [0.2, 0.25) is 0 Å². The van der Waals surface area contributed by atoms with Gasteiger partial charge in [0, 0.05) is 12.7 Å². The Kier molecular flexibility index (Phi) is 4.59. The number of nitrogens with two attached hydrogens (primary N) is 1. The largest absolute Gasteiger partial charge is 0.326 e. The molecule has 0 atom stereocenters. The van der Waals surface area contributed by atoms with Gasteiger partial charge in [-0.05, 0) is 29.2 Å². The average molecular weight is 305 g/mol.